The lowest BCUT2D eigenvalue weighted by Gasteiger charge is -2.23. The first-order valence-electron chi connectivity index (χ1n) is 7.70. The average Bonchev–Trinajstić information content (AvgIpc) is 3.13. The van der Waals surface area contributed by atoms with E-state index in [4.69, 9.17) is 4.74 Å². The Hall–Kier alpha value is -1.48. The average molecular weight is 338 g/mol. The lowest BCUT2D eigenvalue weighted by atomic mass is 10.2. The normalized spacial score (nSPS) is 19.7. The Kier molecular flexibility index (Phi) is 4.67. The second-order valence-electron chi connectivity index (χ2n) is 5.82. The number of methoxy groups -OCH3 is 1. The molecule has 0 aliphatic carbocycles. The van der Waals surface area contributed by atoms with Crippen LogP contribution in [0.5, 0.6) is 0 Å². The van der Waals surface area contributed by atoms with Crippen molar-refractivity contribution in [1.82, 2.24) is 18.4 Å². The maximum Gasteiger partial charge on any atom is 0.280 e. The van der Waals surface area contributed by atoms with Gasteiger partial charge < -0.3 is 9.14 Å². The number of fused-ring (bicyclic) bond motifs is 1. The van der Waals surface area contributed by atoms with Crippen LogP contribution < -0.4 is 4.72 Å². The zero-order chi connectivity index (χ0) is 16.4. The molecule has 0 radical (unpaired) electrons. The fourth-order valence-corrected chi connectivity index (χ4v) is 4.49. The number of hydrogen-bond donors (Lipinski definition) is 1. The Morgan fingerprint density at radius 3 is 3.09 bits per heavy atom. The molecule has 0 spiro atoms. The maximum atomic E-state index is 12.5. The van der Waals surface area contributed by atoms with E-state index in [0.717, 1.165) is 29.7 Å². The highest BCUT2D eigenvalue weighted by Gasteiger charge is 2.33. The number of hydrogen-bond acceptors (Lipinski definition) is 4. The standard InChI is InChI=1S/C15H22N4O3S/c1-12-5-3-7-18-14(9-16-15(12)18)10-17-23(20,21)19-8-4-6-13(19)11-22-2/h3,5,7,9,13,17H,4,6,8,10-11H2,1-2H3/t13-/m1/s1. The van der Waals surface area contributed by atoms with E-state index in [1.807, 2.05) is 29.7 Å². The van der Waals surface area contributed by atoms with Gasteiger partial charge in [-0.2, -0.15) is 17.4 Å². The van der Waals surface area contributed by atoms with Crippen molar-refractivity contribution < 1.29 is 13.2 Å². The Morgan fingerprint density at radius 2 is 2.30 bits per heavy atom. The number of nitrogens with zero attached hydrogens (tertiary/aromatic N) is 3. The molecule has 0 amide bonds. The first-order valence-corrected chi connectivity index (χ1v) is 9.14. The molecule has 2 aromatic rings. The van der Waals surface area contributed by atoms with Crippen molar-refractivity contribution in [3.05, 3.63) is 35.8 Å². The van der Waals surface area contributed by atoms with Gasteiger partial charge in [0.1, 0.15) is 5.65 Å². The molecule has 1 saturated heterocycles. The van der Waals surface area contributed by atoms with Crippen LogP contribution in [0.25, 0.3) is 5.65 Å². The minimum Gasteiger partial charge on any atom is -0.383 e. The van der Waals surface area contributed by atoms with Crippen LogP contribution in [0, 0.1) is 6.92 Å². The summed E-state index contributed by atoms with van der Waals surface area (Å²) in [5.41, 5.74) is 2.72. The Morgan fingerprint density at radius 1 is 1.48 bits per heavy atom. The summed E-state index contributed by atoms with van der Waals surface area (Å²) in [4.78, 5) is 4.36. The predicted molar refractivity (Wildman–Crippen MR) is 87.3 cm³/mol. The molecule has 8 heteroatoms. The molecular weight excluding hydrogens is 316 g/mol. The molecule has 3 heterocycles. The quantitative estimate of drug-likeness (QED) is 0.855. The highest BCUT2D eigenvalue weighted by Crippen LogP contribution is 2.20. The van der Waals surface area contributed by atoms with Crippen LogP contribution in [0.15, 0.2) is 24.5 Å². The summed E-state index contributed by atoms with van der Waals surface area (Å²) < 4.78 is 36.3. The number of rotatable bonds is 6. The fourth-order valence-electron chi connectivity index (χ4n) is 3.07. The van der Waals surface area contributed by atoms with E-state index in [9.17, 15) is 8.42 Å². The van der Waals surface area contributed by atoms with Crippen LogP contribution >= 0.6 is 0 Å². The Bertz CT molecular complexity index is 787. The zero-order valence-electron chi connectivity index (χ0n) is 13.4. The summed E-state index contributed by atoms with van der Waals surface area (Å²) in [5.74, 6) is 0. The van der Waals surface area contributed by atoms with Crippen LogP contribution in [-0.4, -0.2) is 48.4 Å². The molecule has 0 saturated carbocycles. The van der Waals surface area contributed by atoms with Crippen molar-refractivity contribution in [2.45, 2.75) is 32.4 Å². The van der Waals surface area contributed by atoms with E-state index in [0.29, 0.717) is 13.2 Å². The van der Waals surface area contributed by atoms with Gasteiger partial charge in [0.15, 0.2) is 0 Å². The number of pyridine rings is 1. The van der Waals surface area contributed by atoms with Crippen LogP contribution in [0.4, 0.5) is 0 Å². The molecule has 0 aromatic carbocycles. The van der Waals surface area contributed by atoms with Gasteiger partial charge in [-0.25, -0.2) is 4.98 Å². The van der Waals surface area contributed by atoms with Crippen molar-refractivity contribution >= 4 is 15.9 Å². The largest absolute Gasteiger partial charge is 0.383 e. The van der Waals surface area contributed by atoms with E-state index in [1.165, 1.54) is 4.31 Å². The second kappa shape index (κ2) is 6.56. The molecule has 1 fully saturated rings. The molecule has 1 aliphatic heterocycles. The van der Waals surface area contributed by atoms with Crippen LogP contribution in [0.3, 0.4) is 0 Å². The van der Waals surface area contributed by atoms with Gasteiger partial charge in [0.25, 0.3) is 10.2 Å². The summed E-state index contributed by atoms with van der Waals surface area (Å²) in [6, 6.07) is 3.83. The van der Waals surface area contributed by atoms with Gasteiger partial charge in [0, 0.05) is 25.9 Å². The molecule has 3 rings (SSSR count). The molecule has 23 heavy (non-hydrogen) atoms. The SMILES string of the molecule is COC[C@H]1CCCN1S(=O)(=O)NCc1cnc2c(C)cccn12. The van der Waals surface area contributed by atoms with E-state index in [-0.39, 0.29) is 12.6 Å². The van der Waals surface area contributed by atoms with E-state index >= 15 is 0 Å². The van der Waals surface area contributed by atoms with Gasteiger partial charge in [0.2, 0.25) is 0 Å². The van der Waals surface area contributed by atoms with Crippen LogP contribution in [0.2, 0.25) is 0 Å². The minimum absolute atomic E-state index is 0.0815. The smallest absolute Gasteiger partial charge is 0.280 e. The third kappa shape index (κ3) is 3.25. The first kappa shape index (κ1) is 16.4. The number of aryl methyl sites for hydroxylation is 1. The van der Waals surface area contributed by atoms with Gasteiger partial charge in [-0.3, -0.25) is 0 Å². The van der Waals surface area contributed by atoms with Crippen molar-refractivity contribution in [2.75, 3.05) is 20.3 Å². The summed E-state index contributed by atoms with van der Waals surface area (Å²) in [5, 5.41) is 0. The van der Waals surface area contributed by atoms with Gasteiger partial charge in [-0.1, -0.05) is 6.07 Å². The van der Waals surface area contributed by atoms with Crippen molar-refractivity contribution in [3.63, 3.8) is 0 Å². The highest BCUT2D eigenvalue weighted by molar-refractivity contribution is 7.87. The first-order chi connectivity index (χ1) is 11.0. The molecule has 1 atom stereocenters. The summed E-state index contributed by atoms with van der Waals surface area (Å²) in [7, 11) is -1.93. The third-order valence-corrected chi connectivity index (χ3v) is 5.84. The van der Waals surface area contributed by atoms with Crippen molar-refractivity contribution in [1.29, 1.82) is 0 Å². The third-order valence-electron chi connectivity index (χ3n) is 4.23. The maximum absolute atomic E-state index is 12.5. The molecule has 1 N–H and O–H groups in total. The second-order valence-corrected chi connectivity index (χ2v) is 7.53. The number of nitrogens with one attached hydrogen (secondary N) is 1. The van der Waals surface area contributed by atoms with Gasteiger partial charge in [0.05, 0.1) is 25.0 Å². The van der Waals surface area contributed by atoms with Crippen LogP contribution in [0.1, 0.15) is 24.1 Å². The zero-order valence-corrected chi connectivity index (χ0v) is 14.2. The van der Waals surface area contributed by atoms with Crippen LogP contribution in [-0.2, 0) is 21.5 Å². The van der Waals surface area contributed by atoms with E-state index in [1.54, 1.807) is 13.3 Å². The monoisotopic (exact) mass is 338 g/mol. The predicted octanol–water partition coefficient (Wildman–Crippen LogP) is 1.09. The number of aromatic nitrogens is 2. The Labute approximate surface area is 136 Å². The summed E-state index contributed by atoms with van der Waals surface area (Å²) >= 11 is 0. The lowest BCUT2D eigenvalue weighted by Crippen LogP contribution is -2.44. The molecular formula is C15H22N4O3S. The summed E-state index contributed by atoms with van der Waals surface area (Å²) in [6.45, 7) is 3.16. The van der Waals surface area contributed by atoms with E-state index < -0.39 is 10.2 Å². The van der Waals surface area contributed by atoms with Crippen molar-refractivity contribution in [2.24, 2.45) is 0 Å². The van der Waals surface area contributed by atoms with Crippen molar-refractivity contribution in [3.8, 4) is 0 Å². The molecule has 0 bridgehead atoms. The fraction of sp³-hybridized carbons (Fsp3) is 0.533. The number of imidazole rings is 1. The molecule has 2 aromatic heterocycles. The lowest BCUT2D eigenvalue weighted by molar-refractivity contribution is 0.148. The number of ether oxygens (including phenoxy) is 1. The molecule has 1 aliphatic rings. The van der Waals surface area contributed by atoms with Gasteiger partial charge >= 0.3 is 0 Å². The summed E-state index contributed by atoms with van der Waals surface area (Å²) in [6.07, 6.45) is 5.30. The topological polar surface area (TPSA) is 75.9 Å². The van der Waals surface area contributed by atoms with Gasteiger partial charge in [-0.05, 0) is 31.4 Å². The minimum atomic E-state index is -3.52. The molecule has 126 valence electrons. The molecule has 7 nitrogen and oxygen atoms in total. The van der Waals surface area contributed by atoms with E-state index in [2.05, 4.69) is 9.71 Å². The van der Waals surface area contributed by atoms with Gasteiger partial charge in [-0.15, -0.1) is 0 Å². The Balaban J connectivity index is 1.75. The highest BCUT2D eigenvalue weighted by atomic mass is 32.2. The molecule has 0 unspecified atom stereocenters.